The van der Waals surface area contributed by atoms with Gasteiger partial charge >= 0.3 is 5.97 Å². The average molecular weight is 490 g/mol. The highest BCUT2D eigenvalue weighted by Crippen LogP contribution is 2.36. The summed E-state index contributed by atoms with van der Waals surface area (Å²) in [6.45, 7) is 2.49. The fraction of sp³-hybridized carbons (Fsp3) is 0.0769. The van der Waals surface area contributed by atoms with Crippen LogP contribution in [0.2, 0.25) is 0 Å². The third-order valence-electron chi connectivity index (χ3n) is 5.00. The monoisotopic (exact) mass is 489 g/mol. The lowest BCUT2D eigenvalue weighted by Crippen LogP contribution is -2.25. The maximum absolute atomic E-state index is 13.4. The van der Waals surface area contributed by atoms with Gasteiger partial charge in [0.2, 0.25) is 0 Å². The lowest BCUT2D eigenvalue weighted by molar-refractivity contribution is -0.113. The van der Waals surface area contributed by atoms with Crippen molar-refractivity contribution in [3.63, 3.8) is 0 Å². The molecule has 1 N–H and O–H groups in total. The normalized spacial score (nSPS) is 14.6. The van der Waals surface area contributed by atoms with Gasteiger partial charge in [0.1, 0.15) is 5.75 Å². The molecule has 0 fully saturated rings. The quantitative estimate of drug-likeness (QED) is 0.430. The Bertz CT molecular complexity index is 1230. The third-order valence-corrected chi connectivity index (χ3v) is 5.62. The van der Waals surface area contributed by atoms with E-state index in [2.05, 4.69) is 15.9 Å². The number of hydrogen-bond acceptors (Lipinski definition) is 3. The van der Waals surface area contributed by atoms with Crippen molar-refractivity contribution in [3.8, 4) is 5.75 Å². The number of nitrogens with zero attached hydrogens (tertiary/aromatic N) is 1. The Balaban J connectivity index is 1.76. The molecule has 1 heterocycles. The molecule has 32 heavy (non-hydrogen) atoms. The van der Waals surface area contributed by atoms with Crippen molar-refractivity contribution in [1.29, 1.82) is 0 Å². The molecule has 0 aromatic heterocycles. The minimum absolute atomic E-state index is 0.167. The van der Waals surface area contributed by atoms with Gasteiger partial charge in [-0.05, 0) is 82.5 Å². The van der Waals surface area contributed by atoms with Crippen molar-refractivity contribution in [2.24, 2.45) is 0 Å². The summed E-state index contributed by atoms with van der Waals surface area (Å²) in [6.07, 6.45) is 3.69. The predicted octanol–water partition coefficient (Wildman–Crippen LogP) is 6.02. The minimum atomic E-state index is -1.01. The minimum Gasteiger partial charge on any atom is -0.493 e. The summed E-state index contributed by atoms with van der Waals surface area (Å²) in [4.78, 5) is 26.2. The molecule has 6 heteroatoms. The van der Waals surface area contributed by atoms with Crippen molar-refractivity contribution in [3.05, 3.63) is 106 Å². The zero-order valence-corrected chi connectivity index (χ0v) is 18.9. The van der Waals surface area contributed by atoms with Crippen molar-refractivity contribution >= 4 is 45.3 Å². The summed E-state index contributed by atoms with van der Waals surface area (Å²) in [5, 5.41) is 9.19. The maximum Gasteiger partial charge on any atom is 0.335 e. The Morgan fingerprint density at radius 2 is 1.78 bits per heavy atom. The van der Waals surface area contributed by atoms with Crippen molar-refractivity contribution in [1.82, 2.24) is 0 Å². The first kappa shape index (κ1) is 21.6. The second-order valence-corrected chi connectivity index (χ2v) is 7.97. The zero-order chi connectivity index (χ0) is 22.7. The molecule has 4 rings (SSSR count). The fourth-order valence-electron chi connectivity index (χ4n) is 3.51. The van der Waals surface area contributed by atoms with Gasteiger partial charge in [-0.2, -0.15) is 0 Å². The van der Waals surface area contributed by atoms with Crippen molar-refractivity contribution in [2.75, 3.05) is 11.5 Å². The summed E-state index contributed by atoms with van der Waals surface area (Å²) < 4.78 is 6.38. The molecule has 1 amide bonds. The number of carbonyl (C=O) groups excluding carboxylic acids is 1. The SMILES string of the molecule is CCOc1ccc(/C=C2\C=C(c3ccccc3)N(c3ccc(C(=O)O)cc3)C2=O)cc1Br. The van der Waals surface area contributed by atoms with Crippen molar-refractivity contribution < 1.29 is 19.4 Å². The zero-order valence-electron chi connectivity index (χ0n) is 17.3. The molecule has 0 radical (unpaired) electrons. The Labute approximate surface area is 194 Å². The first-order chi connectivity index (χ1) is 15.5. The number of benzene rings is 3. The van der Waals surface area contributed by atoms with Gasteiger partial charge in [0.25, 0.3) is 5.91 Å². The summed E-state index contributed by atoms with van der Waals surface area (Å²) >= 11 is 3.52. The summed E-state index contributed by atoms with van der Waals surface area (Å²) in [6, 6.07) is 21.6. The average Bonchev–Trinajstić information content (AvgIpc) is 3.12. The number of carboxylic acids is 1. The Morgan fingerprint density at radius 3 is 2.41 bits per heavy atom. The molecular weight excluding hydrogens is 470 g/mol. The fourth-order valence-corrected chi connectivity index (χ4v) is 4.02. The molecule has 0 saturated carbocycles. The Kier molecular flexibility index (Phi) is 6.23. The molecule has 0 spiro atoms. The summed E-state index contributed by atoms with van der Waals surface area (Å²) in [5.74, 6) is -0.449. The molecule has 0 bridgehead atoms. The van der Waals surface area contributed by atoms with E-state index >= 15 is 0 Å². The molecule has 160 valence electrons. The van der Waals surface area contributed by atoms with Gasteiger partial charge in [0, 0.05) is 11.3 Å². The van der Waals surface area contributed by atoms with E-state index in [-0.39, 0.29) is 11.5 Å². The first-order valence-corrected chi connectivity index (χ1v) is 10.9. The van der Waals surface area contributed by atoms with Crippen LogP contribution in [0.1, 0.15) is 28.4 Å². The van der Waals surface area contributed by atoms with Gasteiger partial charge in [-0.15, -0.1) is 0 Å². The molecule has 0 unspecified atom stereocenters. The number of anilines is 1. The summed E-state index contributed by atoms with van der Waals surface area (Å²) in [5.41, 5.74) is 3.78. The van der Waals surface area contributed by atoms with Gasteiger partial charge in [0.15, 0.2) is 0 Å². The lowest BCUT2D eigenvalue weighted by Gasteiger charge is -2.21. The number of halogens is 1. The molecule has 3 aromatic rings. The van der Waals surface area contributed by atoms with Gasteiger partial charge in [0.05, 0.1) is 22.3 Å². The smallest absolute Gasteiger partial charge is 0.335 e. The lowest BCUT2D eigenvalue weighted by atomic mass is 10.1. The van der Waals surface area contributed by atoms with Gasteiger partial charge in [-0.3, -0.25) is 9.69 Å². The number of carboxylic acid groups (broad SMARTS) is 1. The maximum atomic E-state index is 13.4. The highest BCUT2D eigenvalue weighted by molar-refractivity contribution is 9.10. The van der Waals surface area contributed by atoms with Crippen LogP contribution in [0.15, 0.2) is 88.9 Å². The highest BCUT2D eigenvalue weighted by Gasteiger charge is 2.30. The number of aromatic carboxylic acids is 1. The number of rotatable bonds is 6. The van der Waals surface area contributed by atoms with Gasteiger partial charge in [-0.25, -0.2) is 4.79 Å². The second-order valence-electron chi connectivity index (χ2n) is 7.11. The number of amides is 1. The molecule has 3 aromatic carbocycles. The van der Waals surface area contributed by atoms with Crippen molar-refractivity contribution in [2.45, 2.75) is 6.92 Å². The van der Waals surface area contributed by atoms with E-state index in [1.165, 1.54) is 12.1 Å². The van der Waals surface area contributed by atoms with Crippen LogP contribution in [0.3, 0.4) is 0 Å². The molecule has 1 aliphatic heterocycles. The van der Waals surface area contributed by atoms with Crippen LogP contribution in [0, 0.1) is 0 Å². The number of hydrogen-bond donors (Lipinski definition) is 1. The van der Waals surface area contributed by atoms with Crippen LogP contribution in [-0.4, -0.2) is 23.6 Å². The van der Waals surface area contributed by atoms with E-state index in [4.69, 9.17) is 4.74 Å². The van der Waals surface area contributed by atoms with Gasteiger partial charge in [-0.1, -0.05) is 36.4 Å². The van der Waals surface area contributed by atoms with E-state index in [0.29, 0.717) is 17.9 Å². The van der Waals surface area contributed by atoms with Crippen LogP contribution in [0.4, 0.5) is 5.69 Å². The van der Waals surface area contributed by atoms with Crippen LogP contribution in [-0.2, 0) is 4.79 Å². The van der Waals surface area contributed by atoms with E-state index in [9.17, 15) is 14.7 Å². The van der Waals surface area contributed by atoms with E-state index < -0.39 is 5.97 Å². The van der Waals surface area contributed by atoms with E-state index in [1.54, 1.807) is 17.0 Å². The largest absolute Gasteiger partial charge is 0.493 e. The van der Waals surface area contributed by atoms with Crippen LogP contribution < -0.4 is 9.64 Å². The Morgan fingerprint density at radius 1 is 1.06 bits per heavy atom. The standard InChI is InChI=1S/C26H20BrNO4/c1-2-32-24-13-8-17(15-22(24)27)14-20-16-23(18-6-4-3-5-7-18)28(25(20)29)21-11-9-19(10-12-21)26(30)31/h3-16H,2H2,1H3,(H,30,31)/b20-14+. The van der Waals surface area contributed by atoms with Crippen LogP contribution in [0.25, 0.3) is 11.8 Å². The van der Waals surface area contributed by atoms with Gasteiger partial charge < -0.3 is 9.84 Å². The molecule has 0 atom stereocenters. The highest BCUT2D eigenvalue weighted by atomic mass is 79.9. The molecule has 0 aliphatic carbocycles. The molecule has 0 saturated heterocycles. The topological polar surface area (TPSA) is 66.8 Å². The second kappa shape index (κ2) is 9.24. The van der Waals surface area contributed by atoms with Crippen LogP contribution >= 0.6 is 15.9 Å². The molecule has 5 nitrogen and oxygen atoms in total. The third kappa shape index (κ3) is 4.36. The Hall–Kier alpha value is -3.64. The molecular formula is C26H20BrNO4. The predicted molar refractivity (Wildman–Crippen MR) is 129 cm³/mol. The van der Waals surface area contributed by atoms with E-state index in [0.717, 1.165) is 27.0 Å². The van der Waals surface area contributed by atoms with E-state index in [1.807, 2.05) is 67.6 Å². The van der Waals surface area contributed by atoms with Crippen LogP contribution in [0.5, 0.6) is 5.75 Å². The summed E-state index contributed by atoms with van der Waals surface area (Å²) in [7, 11) is 0. The number of ether oxygens (including phenoxy) is 1. The first-order valence-electron chi connectivity index (χ1n) is 10.1. The number of carbonyl (C=O) groups is 2. The molecule has 1 aliphatic rings.